The summed E-state index contributed by atoms with van der Waals surface area (Å²) in [4.78, 5) is 14.3. The summed E-state index contributed by atoms with van der Waals surface area (Å²) in [6, 6.07) is 13.0. The maximum atomic E-state index is 13.6. The van der Waals surface area contributed by atoms with Crippen molar-refractivity contribution in [2.45, 2.75) is 12.5 Å². The van der Waals surface area contributed by atoms with Crippen LogP contribution >= 0.6 is 11.6 Å². The zero-order valence-corrected chi connectivity index (χ0v) is 10.8. The van der Waals surface area contributed by atoms with Crippen molar-refractivity contribution in [3.05, 3.63) is 70.5 Å². The predicted octanol–water partition coefficient (Wildman–Crippen LogP) is 4.10. The van der Waals surface area contributed by atoms with E-state index in [-0.39, 0.29) is 5.82 Å². The van der Waals surface area contributed by atoms with Gasteiger partial charge in [-0.3, -0.25) is 0 Å². The summed E-state index contributed by atoms with van der Waals surface area (Å²) in [6.45, 7) is 0. The molecule has 96 valence electrons. The van der Waals surface area contributed by atoms with Crippen LogP contribution in [0, 0.1) is 5.82 Å². The second kappa shape index (κ2) is 6.28. The van der Waals surface area contributed by atoms with Crippen LogP contribution in [0.2, 0.25) is 5.02 Å². The normalized spacial score (nSPS) is 11.7. The Labute approximate surface area is 115 Å². The minimum atomic E-state index is -0.479. The number of halogens is 2. The monoisotopic (exact) mass is 275 g/mol. The molecule has 0 saturated heterocycles. The molecule has 2 aromatic carbocycles. The minimum absolute atomic E-state index is 0.294. The first kappa shape index (κ1) is 13.5. The maximum Gasteiger partial charge on any atom is 0.235 e. The third-order valence-electron chi connectivity index (χ3n) is 2.81. The number of nitrogens with zero attached hydrogens (tertiary/aromatic N) is 1. The molecule has 0 heterocycles. The molecule has 1 atom stereocenters. The Balaban J connectivity index is 2.32. The molecule has 1 unspecified atom stereocenters. The molecule has 2 aromatic rings. The molecule has 0 aliphatic rings. The zero-order chi connectivity index (χ0) is 13.7. The highest BCUT2D eigenvalue weighted by Gasteiger charge is 2.13. The Morgan fingerprint density at radius 1 is 1.21 bits per heavy atom. The number of rotatable bonds is 4. The van der Waals surface area contributed by atoms with Gasteiger partial charge in [0.2, 0.25) is 6.08 Å². The van der Waals surface area contributed by atoms with E-state index in [1.165, 1.54) is 12.1 Å². The molecule has 0 bridgehead atoms. The molecule has 0 fully saturated rings. The molecule has 0 radical (unpaired) electrons. The SMILES string of the molecule is O=C=NC(Cc1ccccc1F)c1cccc(Cl)c1. The quantitative estimate of drug-likeness (QED) is 0.610. The average molecular weight is 276 g/mol. The van der Waals surface area contributed by atoms with Gasteiger partial charge < -0.3 is 0 Å². The lowest BCUT2D eigenvalue weighted by Gasteiger charge is -2.12. The van der Waals surface area contributed by atoms with Gasteiger partial charge in [-0.25, -0.2) is 9.18 Å². The predicted molar refractivity (Wildman–Crippen MR) is 72.4 cm³/mol. The lowest BCUT2D eigenvalue weighted by molar-refractivity contribution is 0.553. The Morgan fingerprint density at radius 2 is 2.00 bits per heavy atom. The van der Waals surface area contributed by atoms with Crippen molar-refractivity contribution in [2.24, 2.45) is 4.99 Å². The van der Waals surface area contributed by atoms with Gasteiger partial charge in [-0.2, -0.15) is 4.99 Å². The van der Waals surface area contributed by atoms with Crippen LogP contribution in [0.4, 0.5) is 4.39 Å². The van der Waals surface area contributed by atoms with Crippen LogP contribution in [0.3, 0.4) is 0 Å². The van der Waals surface area contributed by atoms with Crippen molar-refractivity contribution >= 4 is 17.7 Å². The molecular formula is C15H11ClFNO. The second-order valence-corrected chi connectivity index (χ2v) is 4.52. The van der Waals surface area contributed by atoms with Crippen LogP contribution in [0.5, 0.6) is 0 Å². The summed E-state index contributed by atoms with van der Waals surface area (Å²) < 4.78 is 13.6. The van der Waals surface area contributed by atoms with Crippen LogP contribution in [0.25, 0.3) is 0 Å². The van der Waals surface area contributed by atoms with E-state index >= 15 is 0 Å². The summed E-state index contributed by atoms with van der Waals surface area (Å²) in [6.07, 6.45) is 1.83. The lowest BCUT2D eigenvalue weighted by Crippen LogP contribution is -2.02. The van der Waals surface area contributed by atoms with Gasteiger partial charge in [-0.1, -0.05) is 41.9 Å². The summed E-state index contributed by atoms with van der Waals surface area (Å²) in [5, 5.41) is 0.553. The zero-order valence-electron chi connectivity index (χ0n) is 10.0. The minimum Gasteiger partial charge on any atom is -0.211 e. The third kappa shape index (κ3) is 3.50. The molecule has 0 aromatic heterocycles. The molecule has 0 aliphatic heterocycles. The molecule has 0 N–H and O–H groups in total. The van der Waals surface area contributed by atoms with Crippen LogP contribution in [-0.4, -0.2) is 6.08 Å². The third-order valence-corrected chi connectivity index (χ3v) is 3.05. The fraction of sp³-hybridized carbons (Fsp3) is 0.133. The van der Waals surface area contributed by atoms with Crippen molar-refractivity contribution < 1.29 is 9.18 Å². The number of aliphatic imine (C=N–C) groups is 1. The summed E-state index contributed by atoms with van der Waals surface area (Å²) in [5.41, 5.74) is 1.27. The Kier molecular flexibility index (Phi) is 4.45. The van der Waals surface area contributed by atoms with Crippen molar-refractivity contribution in [1.29, 1.82) is 0 Å². The lowest BCUT2D eigenvalue weighted by atomic mass is 9.99. The van der Waals surface area contributed by atoms with E-state index < -0.39 is 6.04 Å². The maximum absolute atomic E-state index is 13.6. The highest BCUT2D eigenvalue weighted by Crippen LogP contribution is 2.25. The van der Waals surface area contributed by atoms with E-state index in [9.17, 15) is 9.18 Å². The number of isocyanates is 1. The van der Waals surface area contributed by atoms with Crippen LogP contribution < -0.4 is 0 Å². The topological polar surface area (TPSA) is 29.4 Å². The first-order chi connectivity index (χ1) is 9.20. The van der Waals surface area contributed by atoms with Crippen LogP contribution in [-0.2, 0) is 11.2 Å². The summed E-state index contributed by atoms with van der Waals surface area (Å²) >= 11 is 5.91. The number of carbonyl (C=O) groups excluding carboxylic acids is 1. The largest absolute Gasteiger partial charge is 0.235 e. The first-order valence-electron chi connectivity index (χ1n) is 5.76. The van der Waals surface area contributed by atoms with Gasteiger partial charge in [-0.15, -0.1) is 0 Å². The van der Waals surface area contributed by atoms with Crippen LogP contribution in [0.15, 0.2) is 53.5 Å². The first-order valence-corrected chi connectivity index (χ1v) is 6.14. The van der Waals surface area contributed by atoms with Crippen molar-refractivity contribution in [3.8, 4) is 0 Å². The van der Waals surface area contributed by atoms with E-state index in [1.807, 2.05) is 0 Å². The fourth-order valence-corrected chi connectivity index (χ4v) is 2.09. The number of benzene rings is 2. The van der Waals surface area contributed by atoms with E-state index in [0.29, 0.717) is 17.0 Å². The Hall–Kier alpha value is -1.96. The van der Waals surface area contributed by atoms with Gasteiger partial charge >= 0.3 is 0 Å². The Bertz CT molecular complexity index is 623. The summed E-state index contributed by atoms with van der Waals surface area (Å²) in [5.74, 6) is -0.310. The standard InChI is InChI=1S/C15H11ClFNO/c16-13-6-3-5-12(8-13)15(18-10-19)9-11-4-1-2-7-14(11)17/h1-8,15H,9H2. The molecule has 2 nitrogen and oxygen atoms in total. The van der Waals surface area contributed by atoms with E-state index in [1.54, 1.807) is 42.5 Å². The average Bonchev–Trinajstić information content (AvgIpc) is 2.40. The molecule has 0 aliphatic carbocycles. The van der Waals surface area contributed by atoms with Crippen molar-refractivity contribution in [3.63, 3.8) is 0 Å². The van der Waals surface area contributed by atoms with Gasteiger partial charge in [-0.05, 0) is 29.3 Å². The fourth-order valence-electron chi connectivity index (χ4n) is 1.89. The number of hydrogen-bond acceptors (Lipinski definition) is 2. The molecule has 0 saturated carbocycles. The highest BCUT2D eigenvalue weighted by molar-refractivity contribution is 6.30. The van der Waals surface area contributed by atoms with Gasteiger partial charge in [0.15, 0.2) is 0 Å². The van der Waals surface area contributed by atoms with E-state index in [4.69, 9.17) is 11.6 Å². The van der Waals surface area contributed by atoms with Crippen LogP contribution in [0.1, 0.15) is 17.2 Å². The van der Waals surface area contributed by atoms with E-state index in [0.717, 1.165) is 5.56 Å². The molecular weight excluding hydrogens is 265 g/mol. The van der Waals surface area contributed by atoms with Gasteiger partial charge in [0, 0.05) is 11.4 Å². The molecule has 0 spiro atoms. The molecule has 19 heavy (non-hydrogen) atoms. The molecule has 2 rings (SSSR count). The van der Waals surface area contributed by atoms with E-state index in [2.05, 4.69) is 4.99 Å². The Morgan fingerprint density at radius 3 is 2.68 bits per heavy atom. The molecule has 0 amide bonds. The van der Waals surface area contributed by atoms with Crippen molar-refractivity contribution in [2.75, 3.05) is 0 Å². The highest BCUT2D eigenvalue weighted by atomic mass is 35.5. The smallest absolute Gasteiger partial charge is 0.211 e. The van der Waals surface area contributed by atoms with Crippen molar-refractivity contribution in [1.82, 2.24) is 0 Å². The van der Waals surface area contributed by atoms with Gasteiger partial charge in [0.1, 0.15) is 5.82 Å². The second-order valence-electron chi connectivity index (χ2n) is 4.09. The van der Waals surface area contributed by atoms with Gasteiger partial charge in [0.05, 0.1) is 6.04 Å². The molecule has 4 heteroatoms. The number of hydrogen-bond donors (Lipinski definition) is 0. The van der Waals surface area contributed by atoms with Gasteiger partial charge in [0.25, 0.3) is 0 Å². The summed E-state index contributed by atoms with van der Waals surface area (Å²) in [7, 11) is 0.